The Morgan fingerprint density at radius 2 is 1.90 bits per heavy atom. The van der Waals surface area contributed by atoms with E-state index < -0.39 is 0 Å². The molecule has 0 amide bonds. The number of nitrogens with zero attached hydrogens (tertiary/aromatic N) is 2. The summed E-state index contributed by atoms with van der Waals surface area (Å²) in [7, 11) is 0. The predicted molar refractivity (Wildman–Crippen MR) is 113 cm³/mol. The molecular weight excluding hydrogens is 432 g/mol. The Kier molecular flexibility index (Phi) is 4.21. The third kappa shape index (κ3) is 3.12. The van der Waals surface area contributed by atoms with Crippen molar-refractivity contribution in [1.82, 2.24) is 9.97 Å². The highest BCUT2D eigenvalue weighted by molar-refractivity contribution is 9.10. The first kappa shape index (κ1) is 18.3. The maximum absolute atomic E-state index is 13.2. The highest BCUT2D eigenvalue weighted by Crippen LogP contribution is 2.49. The molecule has 0 fully saturated rings. The van der Waals surface area contributed by atoms with Crippen LogP contribution in [0.15, 0.2) is 47.1 Å². The number of aromatic nitrogens is 2. The van der Waals surface area contributed by atoms with Gasteiger partial charge in [0.2, 0.25) is 6.79 Å². The minimum Gasteiger partial charge on any atom is -0.454 e. The number of carbonyl (C=O) groups is 1. The second-order valence-electron chi connectivity index (χ2n) is 8.19. The number of rotatable bonds is 2. The summed E-state index contributed by atoms with van der Waals surface area (Å²) in [5, 5.41) is 0. The van der Waals surface area contributed by atoms with E-state index in [4.69, 9.17) is 14.5 Å². The first-order chi connectivity index (χ1) is 13.9. The van der Waals surface area contributed by atoms with Crippen molar-refractivity contribution in [3.05, 3.63) is 58.3 Å². The van der Waals surface area contributed by atoms with Crippen LogP contribution in [0.25, 0.3) is 22.5 Å². The zero-order valence-electron chi connectivity index (χ0n) is 16.2. The van der Waals surface area contributed by atoms with Gasteiger partial charge in [-0.2, -0.15) is 0 Å². The van der Waals surface area contributed by atoms with Crippen molar-refractivity contribution in [2.24, 2.45) is 5.41 Å². The fourth-order valence-corrected chi connectivity index (χ4v) is 4.64. The Bertz CT molecular complexity index is 1140. The molecule has 146 valence electrons. The number of ketones is 1. The fraction of sp³-hybridized carbons (Fsp3) is 0.261. The Labute approximate surface area is 177 Å². The molecule has 2 aliphatic rings. The first-order valence-electron chi connectivity index (χ1n) is 9.50. The van der Waals surface area contributed by atoms with Crippen LogP contribution in [0.3, 0.4) is 0 Å². The van der Waals surface area contributed by atoms with Gasteiger partial charge < -0.3 is 9.47 Å². The molecule has 0 unspecified atom stereocenters. The van der Waals surface area contributed by atoms with Crippen LogP contribution in [0.5, 0.6) is 11.5 Å². The van der Waals surface area contributed by atoms with Crippen LogP contribution < -0.4 is 9.47 Å². The molecule has 0 radical (unpaired) electrons. The smallest absolute Gasteiger partial charge is 0.231 e. The number of Topliss-reactive ketones (excluding diaryl/α,β-unsaturated/α-hetero) is 1. The summed E-state index contributed by atoms with van der Waals surface area (Å²) < 4.78 is 12.2. The maximum Gasteiger partial charge on any atom is 0.231 e. The summed E-state index contributed by atoms with van der Waals surface area (Å²) in [6, 6.07) is 11.5. The zero-order chi connectivity index (χ0) is 20.2. The predicted octanol–water partition coefficient (Wildman–Crippen LogP) is 5.46. The average molecular weight is 451 g/mol. The molecule has 3 heterocycles. The second-order valence-corrected chi connectivity index (χ2v) is 9.04. The summed E-state index contributed by atoms with van der Waals surface area (Å²) in [4.78, 5) is 22.5. The van der Waals surface area contributed by atoms with E-state index in [0.29, 0.717) is 23.5 Å². The SMILES string of the molecule is CC1(C)CC(=O)c2c(-c3c(Br)ccc4c3OCO4)cc(-c3ccccn3)nc2C1. The summed E-state index contributed by atoms with van der Waals surface area (Å²) >= 11 is 3.65. The van der Waals surface area contributed by atoms with E-state index in [9.17, 15) is 4.79 Å². The van der Waals surface area contributed by atoms with Crippen LogP contribution >= 0.6 is 15.9 Å². The Morgan fingerprint density at radius 1 is 1.03 bits per heavy atom. The monoisotopic (exact) mass is 450 g/mol. The molecule has 0 saturated heterocycles. The molecule has 1 aliphatic carbocycles. The molecule has 0 spiro atoms. The number of ether oxygens (including phenoxy) is 2. The van der Waals surface area contributed by atoms with Crippen molar-refractivity contribution < 1.29 is 14.3 Å². The number of hydrogen-bond acceptors (Lipinski definition) is 5. The fourth-order valence-electron chi connectivity index (χ4n) is 4.12. The molecule has 5 nitrogen and oxygen atoms in total. The summed E-state index contributed by atoms with van der Waals surface area (Å²) in [5.41, 5.74) is 4.50. The molecule has 3 aromatic rings. The molecule has 0 N–H and O–H groups in total. The van der Waals surface area contributed by atoms with E-state index in [1.807, 2.05) is 36.4 Å². The molecule has 2 aromatic heterocycles. The average Bonchev–Trinajstić information content (AvgIpc) is 3.15. The molecule has 5 rings (SSSR count). The molecule has 6 heteroatoms. The van der Waals surface area contributed by atoms with Gasteiger partial charge in [0.25, 0.3) is 0 Å². The van der Waals surface area contributed by atoms with Crippen molar-refractivity contribution >= 4 is 21.7 Å². The molecule has 0 saturated carbocycles. The van der Waals surface area contributed by atoms with Crippen molar-refractivity contribution in [2.75, 3.05) is 6.79 Å². The lowest BCUT2D eigenvalue weighted by Gasteiger charge is -2.31. The zero-order valence-corrected chi connectivity index (χ0v) is 17.7. The summed E-state index contributed by atoms with van der Waals surface area (Å²) in [6.45, 7) is 4.38. The van der Waals surface area contributed by atoms with Crippen LogP contribution in [0.2, 0.25) is 0 Å². The maximum atomic E-state index is 13.2. The molecule has 29 heavy (non-hydrogen) atoms. The van der Waals surface area contributed by atoms with E-state index in [1.165, 1.54) is 0 Å². The lowest BCUT2D eigenvalue weighted by atomic mass is 9.74. The van der Waals surface area contributed by atoms with E-state index >= 15 is 0 Å². The highest BCUT2D eigenvalue weighted by atomic mass is 79.9. The molecular formula is C23H19BrN2O3. The van der Waals surface area contributed by atoms with Gasteiger partial charge in [-0.1, -0.05) is 35.8 Å². The van der Waals surface area contributed by atoms with Gasteiger partial charge in [-0.3, -0.25) is 14.8 Å². The van der Waals surface area contributed by atoms with Crippen molar-refractivity contribution in [1.29, 1.82) is 0 Å². The molecule has 0 bridgehead atoms. The summed E-state index contributed by atoms with van der Waals surface area (Å²) in [6.07, 6.45) is 2.96. The van der Waals surface area contributed by atoms with Gasteiger partial charge in [0.05, 0.1) is 17.1 Å². The van der Waals surface area contributed by atoms with Gasteiger partial charge in [-0.05, 0) is 42.2 Å². The van der Waals surface area contributed by atoms with Gasteiger partial charge in [0.1, 0.15) is 0 Å². The largest absolute Gasteiger partial charge is 0.454 e. The minimum absolute atomic E-state index is 0.106. The molecule has 1 aliphatic heterocycles. The Morgan fingerprint density at radius 3 is 2.69 bits per heavy atom. The quantitative estimate of drug-likeness (QED) is 0.518. The van der Waals surface area contributed by atoms with Gasteiger partial charge in [0, 0.05) is 33.8 Å². The number of halogens is 1. The van der Waals surface area contributed by atoms with E-state index in [0.717, 1.165) is 39.1 Å². The highest BCUT2D eigenvalue weighted by Gasteiger charge is 2.36. The van der Waals surface area contributed by atoms with Crippen molar-refractivity contribution in [2.45, 2.75) is 26.7 Å². The van der Waals surface area contributed by atoms with Gasteiger partial charge in [-0.25, -0.2) is 0 Å². The Balaban J connectivity index is 1.82. The lowest BCUT2D eigenvalue weighted by Crippen LogP contribution is -2.28. The number of hydrogen-bond donors (Lipinski definition) is 0. The molecule has 0 atom stereocenters. The van der Waals surface area contributed by atoms with Gasteiger partial charge in [0.15, 0.2) is 17.3 Å². The van der Waals surface area contributed by atoms with E-state index in [-0.39, 0.29) is 18.0 Å². The van der Waals surface area contributed by atoms with Gasteiger partial charge in [-0.15, -0.1) is 0 Å². The van der Waals surface area contributed by atoms with Crippen LogP contribution in [0, 0.1) is 5.41 Å². The first-order valence-corrected chi connectivity index (χ1v) is 10.3. The number of pyridine rings is 2. The number of benzene rings is 1. The van der Waals surface area contributed by atoms with Gasteiger partial charge >= 0.3 is 0 Å². The normalized spacial score (nSPS) is 16.6. The number of fused-ring (bicyclic) bond motifs is 2. The lowest BCUT2D eigenvalue weighted by molar-refractivity contribution is 0.0911. The van der Waals surface area contributed by atoms with Crippen molar-refractivity contribution in [3.8, 4) is 34.0 Å². The number of carbonyl (C=O) groups excluding carboxylic acids is 1. The third-order valence-electron chi connectivity index (χ3n) is 5.34. The van der Waals surface area contributed by atoms with Crippen LogP contribution in [-0.4, -0.2) is 22.5 Å². The van der Waals surface area contributed by atoms with Crippen LogP contribution in [0.1, 0.15) is 36.3 Å². The van der Waals surface area contributed by atoms with E-state index in [2.05, 4.69) is 34.8 Å². The van der Waals surface area contributed by atoms with E-state index in [1.54, 1.807) is 6.20 Å². The second kappa shape index (κ2) is 6.66. The third-order valence-corrected chi connectivity index (χ3v) is 6.00. The topological polar surface area (TPSA) is 61.3 Å². The van der Waals surface area contributed by atoms with Crippen LogP contribution in [-0.2, 0) is 6.42 Å². The summed E-state index contributed by atoms with van der Waals surface area (Å²) in [5.74, 6) is 1.43. The Hall–Kier alpha value is -2.73. The standard InChI is InChI=1S/C23H19BrN2O3/c1-23(2)10-17-21(18(27)11-23)13(9-16(26-17)15-5-3-4-8-25-15)20-14(24)6-7-19-22(20)29-12-28-19/h3-9H,10-12H2,1-2H3. The minimum atomic E-state index is -0.132. The molecule has 1 aromatic carbocycles. The van der Waals surface area contributed by atoms with Crippen molar-refractivity contribution in [3.63, 3.8) is 0 Å². The van der Waals surface area contributed by atoms with Crippen LogP contribution in [0.4, 0.5) is 0 Å².